The maximum Gasteiger partial charge on any atom is 0.472 e. The average Bonchev–Trinajstić information content (AvgIpc) is 3.18. The zero-order valence-corrected chi connectivity index (χ0v) is 35.3. The maximum absolute atomic E-state index is 12.8. The van der Waals surface area contributed by atoms with Crippen LogP contribution in [0, 0.1) is 0 Å². The van der Waals surface area contributed by atoms with Gasteiger partial charge in [-0.25, -0.2) is 4.57 Å². The number of carbonyl (C=O) groups is 2. The molecule has 1 rings (SSSR count). The van der Waals surface area contributed by atoms with Crippen LogP contribution in [0.2, 0.25) is 0 Å². The molecule has 6 unspecified atom stereocenters. The lowest BCUT2D eigenvalue weighted by molar-refractivity contribution is -0.220. The van der Waals surface area contributed by atoms with Crippen LogP contribution in [0.15, 0.2) is 24.3 Å². The van der Waals surface area contributed by atoms with E-state index in [1.54, 1.807) is 0 Å². The topological polar surface area (TPSA) is 210 Å². The summed E-state index contributed by atoms with van der Waals surface area (Å²) in [5.74, 6) is -1.11. The third-order valence-electron chi connectivity index (χ3n) is 10.0. The lowest BCUT2D eigenvalue weighted by atomic mass is 9.85. The number of phosphoric acid groups is 1. The summed E-state index contributed by atoms with van der Waals surface area (Å²) in [6, 6.07) is 0. The second-order valence-electron chi connectivity index (χ2n) is 15.2. The molecule has 0 aromatic heterocycles. The summed E-state index contributed by atoms with van der Waals surface area (Å²) in [6.45, 7) is 3.24. The number of aliphatic hydroxyl groups is 5. The van der Waals surface area contributed by atoms with Crippen LogP contribution in [0.4, 0.5) is 0 Å². The van der Waals surface area contributed by atoms with Crippen molar-refractivity contribution < 1.29 is 63.1 Å². The van der Waals surface area contributed by atoms with Crippen LogP contribution in [0.1, 0.15) is 174 Å². The Balaban J connectivity index is 2.50. The van der Waals surface area contributed by atoms with Crippen molar-refractivity contribution in [2.45, 2.75) is 217 Å². The van der Waals surface area contributed by atoms with Gasteiger partial charge in [-0.15, -0.1) is 0 Å². The summed E-state index contributed by atoms with van der Waals surface area (Å²) in [6.07, 6.45) is 21.0. The highest BCUT2D eigenvalue weighted by molar-refractivity contribution is 7.47. The van der Waals surface area contributed by atoms with Crippen molar-refractivity contribution in [3.63, 3.8) is 0 Å². The second-order valence-corrected chi connectivity index (χ2v) is 16.6. The van der Waals surface area contributed by atoms with Crippen LogP contribution in [0.25, 0.3) is 0 Å². The molecule has 0 aliphatic heterocycles. The van der Waals surface area contributed by atoms with Gasteiger partial charge in [0.05, 0.1) is 6.61 Å². The van der Waals surface area contributed by atoms with Gasteiger partial charge in [-0.2, -0.15) is 0 Å². The number of hydrogen-bond donors (Lipinski definition) is 6. The Morgan fingerprint density at radius 3 is 1.48 bits per heavy atom. The van der Waals surface area contributed by atoms with Crippen LogP contribution < -0.4 is 0 Å². The highest BCUT2D eigenvalue weighted by atomic mass is 31.2. The Kier molecular flexibility index (Phi) is 31.0. The number of carbonyl (C=O) groups excluding carboxylic acids is 2. The van der Waals surface area contributed by atoms with Crippen molar-refractivity contribution in [3.05, 3.63) is 24.3 Å². The van der Waals surface area contributed by atoms with Crippen molar-refractivity contribution in [2.24, 2.45) is 0 Å². The van der Waals surface area contributed by atoms with E-state index in [2.05, 4.69) is 38.2 Å². The standard InChI is InChI=1S/C42H77O13P/c1-3-5-7-9-11-13-15-17-18-19-21-22-24-26-28-30-35(43)52-32-34(54-36(44)31-29-27-25-23-20-16-14-12-10-8-6-4-2)33-53-56(50,51)55-42-40(48)38(46)37(45)39(47)41(42)49/h11,13,17-18,34,37-42,45-49H,3-10,12,14-16,19-33H2,1-2H3,(H,50,51)/b13-11-,18-17-/t34-,37?,38-,39?,40?,41?,42?/m1/s1. The first-order valence-corrected chi connectivity index (χ1v) is 23.1. The molecule has 1 aliphatic rings. The number of allylic oxidation sites excluding steroid dienone is 4. The lowest BCUT2D eigenvalue weighted by Crippen LogP contribution is -2.64. The summed E-state index contributed by atoms with van der Waals surface area (Å²) in [7, 11) is -5.11. The number of rotatable bonds is 35. The van der Waals surface area contributed by atoms with Crippen LogP contribution in [0.5, 0.6) is 0 Å². The Morgan fingerprint density at radius 1 is 0.554 bits per heavy atom. The first-order chi connectivity index (χ1) is 26.9. The number of aliphatic hydroxyl groups excluding tert-OH is 5. The van der Waals surface area contributed by atoms with E-state index in [0.29, 0.717) is 12.8 Å². The molecule has 328 valence electrons. The van der Waals surface area contributed by atoms with Gasteiger partial charge in [-0.1, -0.05) is 141 Å². The van der Waals surface area contributed by atoms with E-state index < -0.39 is 75.7 Å². The van der Waals surface area contributed by atoms with Gasteiger partial charge in [0.15, 0.2) is 6.10 Å². The third kappa shape index (κ3) is 25.6. The van der Waals surface area contributed by atoms with Gasteiger partial charge < -0.3 is 39.9 Å². The molecular weight excluding hydrogens is 743 g/mol. The second kappa shape index (κ2) is 33.2. The summed E-state index contributed by atoms with van der Waals surface area (Å²) in [5, 5.41) is 50.0. The summed E-state index contributed by atoms with van der Waals surface area (Å²) >= 11 is 0. The minimum Gasteiger partial charge on any atom is -0.462 e. The third-order valence-corrected chi connectivity index (χ3v) is 11.0. The minimum absolute atomic E-state index is 0.0969. The molecule has 0 amide bonds. The number of ether oxygens (including phenoxy) is 2. The molecule has 8 atom stereocenters. The molecule has 0 aromatic rings. The fourth-order valence-corrected chi connectivity index (χ4v) is 7.47. The average molecular weight is 821 g/mol. The minimum atomic E-state index is -5.11. The van der Waals surface area contributed by atoms with E-state index >= 15 is 0 Å². The molecule has 13 nitrogen and oxygen atoms in total. The Bertz CT molecular complexity index is 1090. The van der Waals surface area contributed by atoms with Crippen LogP contribution >= 0.6 is 7.82 Å². The highest BCUT2D eigenvalue weighted by Gasteiger charge is 2.51. The molecular formula is C42H77O13P. The Hall–Kier alpha value is -1.67. The molecule has 1 saturated carbocycles. The predicted octanol–water partition coefficient (Wildman–Crippen LogP) is 7.67. The van der Waals surface area contributed by atoms with E-state index in [-0.39, 0.29) is 12.8 Å². The number of phosphoric ester groups is 1. The smallest absolute Gasteiger partial charge is 0.462 e. The van der Waals surface area contributed by atoms with Crippen LogP contribution in [-0.4, -0.2) is 98.3 Å². The zero-order chi connectivity index (χ0) is 41.4. The van der Waals surface area contributed by atoms with E-state index in [1.807, 2.05) is 0 Å². The molecule has 0 radical (unpaired) electrons. The van der Waals surface area contributed by atoms with Crippen molar-refractivity contribution in [1.29, 1.82) is 0 Å². The van der Waals surface area contributed by atoms with Gasteiger partial charge >= 0.3 is 19.8 Å². The van der Waals surface area contributed by atoms with Crippen molar-refractivity contribution >= 4 is 19.8 Å². The molecule has 56 heavy (non-hydrogen) atoms. The SMILES string of the molecule is CCCCC/C=C\C/C=C\CCCCCCCC(=O)OC[C@H](COP(=O)(O)OC1C(O)C(O)C(O)[C@@H](O)C1O)OC(=O)CCCCCCCCCCCCCC. The number of esters is 2. The summed E-state index contributed by atoms with van der Waals surface area (Å²) < 4.78 is 33.4. The number of hydrogen-bond acceptors (Lipinski definition) is 12. The monoisotopic (exact) mass is 821 g/mol. The fraction of sp³-hybridized carbons (Fsp3) is 0.857. The molecule has 6 N–H and O–H groups in total. The Morgan fingerprint density at radius 2 is 0.964 bits per heavy atom. The van der Waals surface area contributed by atoms with E-state index in [4.69, 9.17) is 18.5 Å². The first-order valence-electron chi connectivity index (χ1n) is 21.6. The van der Waals surface area contributed by atoms with Crippen molar-refractivity contribution in [2.75, 3.05) is 13.2 Å². The van der Waals surface area contributed by atoms with Crippen molar-refractivity contribution in [1.82, 2.24) is 0 Å². The number of unbranched alkanes of at least 4 members (excludes halogenated alkanes) is 19. The zero-order valence-electron chi connectivity index (χ0n) is 34.4. The van der Waals surface area contributed by atoms with Gasteiger partial charge in [0.25, 0.3) is 0 Å². The predicted molar refractivity (Wildman–Crippen MR) is 217 cm³/mol. The summed E-state index contributed by atoms with van der Waals surface area (Å²) in [5.41, 5.74) is 0. The van der Waals surface area contributed by atoms with Gasteiger partial charge in [0, 0.05) is 12.8 Å². The largest absolute Gasteiger partial charge is 0.472 e. The molecule has 0 bridgehead atoms. The van der Waals surface area contributed by atoms with Gasteiger partial charge in [-0.05, 0) is 44.9 Å². The van der Waals surface area contributed by atoms with Crippen LogP contribution in [-0.2, 0) is 32.7 Å². The fourth-order valence-electron chi connectivity index (χ4n) is 6.49. The molecule has 0 aromatic carbocycles. The Labute approximate surface area is 336 Å². The quantitative estimate of drug-likeness (QED) is 0.0157. The molecule has 0 saturated heterocycles. The normalized spacial score (nSPS) is 23.1. The molecule has 14 heteroatoms. The van der Waals surface area contributed by atoms with E-state index in [9.17, 15) is 44.6 Å². The van der Waals surface area contributed by atoms with E-state index in [0.717, 1.165) is 70.6 Å². The van der Waals surface area contributed by atoms with Gasteiger partial charge in [0.1, 0.15) is 43.2 Å². The highest BCUT2D eigenvalue weighted by Crippen LogP contribution is 2.47. The lowest BCUT2D eigenvalue weighted by Gasteiger charge is -2.41. The first kappa shape index (κ1) is 52.3. The van der Waals surface area contributed by atoms with Gasteiger partial charge in [0.2, 0.25) is 0 Å². The van der Waals surface area contributed by atoms with Crippen LogP contribution in [0.3, 0.4) is 0 Å². The molecule has 1 fully saturated rings. The van der Waals surface area contributed by atoms with E-state index in [1.165, 1.54) is 64.2 Å². The van der Waals surface area contributed by atoms with Crippen molar-refractivity contribution in [3.8, 4) is 0 Å². The molecule has 0 heterocycles. The maximum atomic E-state index is 12.8. The summed E-state index contributed by atoms with van der Waals surface area (Å²) in [4.78, 5) is 35.6. The van der Waals surface area contributed by atoms with Gasteiger partial charge in [-0.3, -0.25) is 18.6 Å². The molecule has 0 spiro atoms. The molecule has 1 aliphatic carbocycles.